The first-order valence-electron chi connectivity index (χ1n) is 3.95. The van der Waals surface area contributed by atoms with Crippen molar-refractivity contribution in [2.45, 2.75) is 13.0 Å². The molecule has 0 aliphatic heterocycles. The Bertz CT molecular complexity index is 369. The van der Waals surface area contributed by atoms with Gasteiger partial charge in [-0.3, -0.25) is 4.79 Å². The van der Waals surface area contributed by atoms with Crippen LogP contribution in [-0.4, -0.2) is 16.9 Å². The van der Waals surface area contributed by atoms with E-state index in [0.717, 1.165) is 0 Å². The topological polar surface area (TPSA) is 65.8 Å². The van der Waals surface area contributed by atoms with Gasteiger partial charge in [0.2, 0.25) is 0 Å². The van der Waals surface area contributed by atoms with Crippen molar-refractivity contribution in [3.8, 4) is 6.07 Å². The number of carbonyl (C=O) groups is 1. The number of pyridine rings is 1. The van der Waals surface area contributed by atoms with E-state index in [9.17, 15) is 4.79 Å². The number of aromatic nitrogens is 1. The highest BCUT2D eigenvalue weighted by Gasteiger charge is 2.08. The minimum Gasteiger partial charge on any atom is -0.336 e. The smallest absolute Gasteiger partial charge is 0.253 e. The number of rotatable bonds is 2. The molecule has 1 amide bonds. The molecule has 1 unspecified atom stereocenters. The molecule has 5 heteroatoms. The standard InChI is InChI=1S/C9H8BrN3O/c1-6(4-11)13-9(14)7-2-3-8(10)12-5-7/h2-3,5-6H,1H3,(H,13,14). The largest absolute Gasteiger partial charge is 0.336 e. The number of amides is 1. The van der Waals surface area contributed by atoms with Gasteiger partial charge in [0.1, 0.15) is 10.6 Å². The summed E-state index contributed by atoms with van der Waals surface area (Å²) in [5.74, 6) is -0.293. The first kappa shape index (κ1) is 10.7. The van der Waals surface area contributed by atoms with Gasteiger partial charge in [0.05, 0.1) is 11.6 Å². The zero-order valence-corrected chi connectivity index (χ0v) is 9.08. The average molecular weight is 254 g/mol. The third-order valence-electron chi connectivity index (χ3n) is 1.53. The van der Waals surface area contributed by atoms with E-state index in [1.54, 1.807) is 19.1 Å². The molecule has 0 bridgehead atoms. The summed E-state index contributed by atoms with van der Waals surface area (Å²) in [5.41, 5.74) is 0.440. The van der Waals surface area contributed by atoms with Crippen LogP contribution < -0.4 is 5.32 Å². The van der Waals surface area contributed by atoms with Crippen molar-refractivity contribution in [3.05, 3.63) is 28.5 Å². The molecule has 1 aromatic heterocycles. The van der Waals surface area contributed by atoms with E-state index < -0.39 is 6.04 Å². The minimum absolute atomic E-state index is 0.293. The SMILES string of the molecule is CC(C#N)NC(=O)c1ccc(Br)nc1. The Morgan fingerprint density at radius 2 is 2.43 bits per heavy atom. The number of hydrogen-bond donors (Lipinski definition) is 1. The van der Waals surface area contributed by atoms with Crippen molar-refractivity contribution in [3.63, 3.8) is 0 Å². The van der Waals surface area contributed by atoms with Crippen LogP contribution in [0.1, 0.15) is 17.3 Å². The van der Waals surface area contributed by atoms with E-state index in [4.69, 9.17) is 5.26 Å². The Hall–Kier alpha value is -1.41. The summed E-state index contributed by atoms with van der Waals surface area (Å²) >= 11 is 3.16. The maximum absolute atomic E-state index is 11.4. The lowest BCUT2D eigenvalue weighted by Gasteiger charge is -2.05. The van der Waals surface area contributed by atoms with Gasteiger partial charge < -0.3 is 5.32 Å². The molecule has 14 heavy (non-hydrogen) atoms. The minimum atomic E-state index is -0.494. The second-order valence-electron chi connectivity index (χ2n) is 2.69. The maximum Gasteiger partial charge on any atom is 0.253 e. The fourth-order valence-electron chi connectivity index (χ4n) is 0.822. The number of nitriles is 1. The molecule has 1 rings (SSSR count). The second-order valence-corrected chi connectivity index (χ2v) is 3.51. The van der Waals surface area contributed by atoms with Crippen molar-refractivity contribution >= 4 is 21.8 Å². The van der Waals surface area contributed by atoms with Crippen LogP contribution in [0.25, 0.3) is 0 Å². The van der Waals surface area contributed by atoms with E-state index in [2.05, 4.69) is 26.2 Å². The van der Waals surface area contributed by atoms with Gasteiger partial charge in [-0.2, -0.15) is 5.26 Å². The molecule has 0 saturated carbocycles. The summed E-state index contributed by atoms with van der Waals surface area (Å²) in [4.78, 5) is 15.3. The molecule has 0 aliphatic rings. The molecule has 1 atom stereocenters. The van der Waals surface area contributed by atoms with E-state index >= 15 is 0 Å². The van der Waals surface area contributed by atoms with Crippen LogP contribution in [0, 0.1) is 11.3 Å². The fourth-order valence-corrected chi connectivity index (χ4v) is 1.06. The fraction of sp³-hybridized carbons (Fsp3) is 0.222. The summed E-state index contributed by atoms with van der Waals surface area (Å²) in [5, 5.41) is 11.0. The van der Waals surface area contributed by atoms with E-state index in [1.807, 2.05) is 6.07 Å². The third kappa shape index (κ3) is 2.82. The Morgan fingerprint density at radius 3 is 2.93 bits per heavy atom. The van der Waals surface area contributed by atoms with Crippen LogP contribution in [0.3, 0.4) is 0 Å². The highest BCUT2D eigenvalue weighted by atomic mass is 79.9. The zero-order valence-electron chi connectivity index (χ0n) is 7.49. The molecular weight excluding hydrogens is 246 g/mol. The molecule has 72 valence electrons. The van der Waals surface area contributed by atoms with Crippen LogP contribution >= 0.6 is 15.9 Å². The Balaban J connectivity index is 2.71. The summed E-state index contributed by atoms with van der Waals surface area (Å²) < 4.78 is 0.669. The number of nitrogens with zero attached hydrogens (tertiary/aromatic N) is 2. The molecule has 0 saturated heterocycles. The Labute approximate surface area is 90.1 Å². The predicted octanol–water partition coefficient (Wildman–Crippen LogP) is 1.49. The van der Waals surface area contributed by atoms with Crippen LogP contribution in [0.4, 0.5) is 0 Å². The molecule has 1 heterocycles. The van der Waals surface area contributed by atoms with Crippen LogP contribution in [-0.2, 0) is 0 Å². The van der Waals surface area contributed by atoms with Crippen molar-refractivity contribution < 1.29 is 4.79 Å². The van der Waals surface area contributed by atoms with Gasteiger partial charge in [0.15, 0.2) is 0 Å². The average Bonchev–Trinajstić information content (AvgIpc) is 2.18. The Kier molecular flexibility index (Phi) is 3.60. The first-order chi connectivity index (χ1) is 6.63. The quantitative estimate of drug-likeness (QED) is 0.813. The maximum atomic E-state index is 11.4. The van der Waals surface area contributed by atoms with Crippen molar-refractivity contribution in [2.75, 3.05) is 0 Å². The third-order valence-corrected chi connectivity index (χ3v) is 2.00. The van der Waals surface area contributed by atoms with Crippen LogP contribution in [0.15, 0.2) is 22.9 Å². The molecule has 4 nitrogen and oxygen atoms in total. The molecular formula is C9H8BrN3O. The summed E-state index contributed by atoms with van der Waals surface area (Å²) in [6, 6.07) is 4.73. The van der Waals surface area contributed by atoms with Crippen molar-refractivity contribution in [2.24, 2.45) is 0 Å². The van der Waals surface area contributed by atoms with Crippen LogP contribution in [0.2, 0.25) is 0 Å². The molecule has 1 aromatic rings. The van der Waals surface area contributed by atoms with Gasteiger partial charge in [0.25, 0.3) is 5.91 Å². The molecule has 1 N–H and O–H groups in total. The van der Waals surface area contributed by atoms with Gasteiger partial charge in [-0.1, -0.05) is 0 Å². The first-order valence-corrected chi connectivity index (χ1v) is 4.75. The normalized spacial score (nSPS) is 11.5. The lowest BCUT2D eigenvalue weighted by molar-refractivity contribution is 0.0947. The summed E-state index contributed by atoms with van der Waals surface area (Å²) in [6.45, 7) is 1.62. The van der Waals surface area contributed by atoms with Crippen molar-refractivity contribution in [1.29, 1.82) is 5.26 Å². The molecule has 0 spiro atoms. The monoisotopic (exact) mass is 253 g/mol. The predicted molar refractivity (Wildman–Crippen MR) is 54.5 cm³/mol. The lowest BCUT2D eigenvalue weighted by Crippen LogP contribution is -2.31. The molecule has 0 aliphatic carbocycles. The Morgan fingerprint density at radius 1 is 1.71 bits per heavy atom. The van der Waals surface area contributed by atoms with E-state index in [0.29, 0.717) is 10.2 Å². The highest BCUT2D eigenvalue weighted by molar-refractivity contribution is 9.10. The number of hydrogen-bond acceptors (Lipinski definition) is 3. The summed E-state index contributed by atoms with van der Waals surface area (Å²) in [6.07, 6.45) is 1.45. The number of carbonyl (C=O) groups excluding carboxylic acids is 1. The molecule has 0 radical (unpaired) electrons. The van der Waals surface area contributed by atoms with Crippen LogP contribution in [0.5, 0.6) is 0 Å². The van der Waals surface area contributed by atoms with Gasteiger partial charge in [-0.05, 0) is 35.0 Å². The zero-order chi connectivity index (χ0) is 10.6. The van der Waals surface area contributed by atoms with Gasteiger partial charge in [-0.15, -0.1) is 0 Å². The second kappa shape index (κ2) is 4.72. The highest BCUT2D eigenvalue weighted by Crippen LogP contribution is 2.06. The molecule has 0 aromatic carbocycles. The van der Waals surface area contributed by atoms with Gasteiger partial charge >= 0.3 is 0 Å². The van der Waals surface area contributed by atoms with E-state index in [1.165, 1.54) is 6.20 Å². The summed E-state index contributed by atoms with van der Waals surface area (Å²) in [7, 11) is 0. The lowest BCUT2D eigenvalue weighted by atomic mass is 10.2. The van der Waals surface area contributed by atoms with E-state index in [-0.39, 0.29) is 5.91 Å². The van der Waals surface area contributed by atoms with Gasteiger partial charge in [0, 0.05) is 6.20 Å². The number of nitrogens with one attached hydrogen (secondary N) is 1. The van der Waals surface area contributed by atoms with Gasteiger partial charge in [-0.25, -0.2) is 4.98 Å². The molecule has 0 fully saturated rings. The number of halogens is 1. The van der Waals surface area contributed by atoms with Crippen molar-refractivity contribution in [1.82, 2.24) is 10.3 Å².